The molecule has 1 amide bonds. The number of aryl methyl sites for hydroxylation is 1. The summed E-state index contributed by atoms with van der Waals surface area (Å²) in [5.74, 6) is -2.34. The van der Waals surface area contributed by atoms with Gasteiger partial charge in [-0.15, -0.1) is 0 Å². The molecule has 1 aliphatic heterocycles. The van der Waals surface area contributed by atoms with Gasteiger partial charge in [-0.25, -0.2) is 0 Å². The zero-order chi connectivity index (χ0) is 12.4. The van der Waals surface area contributed by atoms with Crippen LogP contribution in [0, 0.1) is 12.8 Å². The van der Waals surface area contributed by atoms with Crippen molar-refractivity contribution in [3.8, 4) is 0 Å². The van der Waals surface area contributed by atoms with Gasteiger partial charge in [0.25, 0.3) is 0 Å². The average molecular weight is 231 g/mol. The van der Waals surface area contributed by atoms with Gasteiger partial charge in [-0.2, -0.15) is 0 Å². The normalized spacial score (nSPS) is 19.9. The minimum Gasteiger partial charge on any atom is -0.355 e. The van der Waals surface area contributed by atoms with Crippen LogP contribution in [0.3, 0.4) is 0 Å². The molecule has 1 aromatic rings. The Morgan fingerprint density at radius 3 is 2.76 bits per heavy atom. The SMILES string of the molecule is Cc1cccc(C(=O)C2C(=O)CCNC2=O)c1. The topological polar surface area (TPSA) is 63.2 Å². The van der Waals surface area contributed by atoms with E-state index in [1.807, 2.05) is 13.0 Å². The van der Waals surface area contributed by atoms with Crippen molar-refractivity contribution in [1.29, 1.82) is 0 Å². The fraction of sp³-hybridized carbons (Fsp3) is 0.308. The lowest BCUT2D eigenvalue weighted by Crippen LogP contribution is -2.46. The molecule has 88 valence electrons. The first-order valence-corrected chi connectivity index (χ1v) is 5.51. The van der Waals surface area contributed by atoms with Crippen molar-refractivity contribution < 1.29 is 14.4 Å². The van der Waals surface area contributed by atoms with Gasteiger partial charge >= 0.3 is 0 Å². The van der Waals surface area contributed by atoms with Crippen LogP contribution in [0.5, 0.6) is 0 Å². The Morgan fingerprint density at radius 1 is 1.35 bits per heavy atom. The Hall–Kier alpha value is -1.97. The molecule has 1 fully saturated rings. The zero-order valence-corrected chi connectivity index (χ0v) is 9.53. The molecule has 1 aromatic carbocycles. The Labute approximate surface area is 99.0 Å². The number of piperidine rings is 1. The van der Waals surface area contributed by atoms with Crippen LogP contribution in [0.2, 0.25) is 0 Å². The third kappa shape index (κ3) is 2.25. The van der Waals surface area contributed by atoms with Crippen molar-refractivity contribution in [2.24, 2.45) is 5.92 Å². The van der Waals surface area contributed by atoms with Crippen LogP contribution in [0.1, 0.15) is 22.3 Å². The number of carbonyl (C=O) groups is 3. The molecule has 4 nitrogen and oxygen atoms in total. The Balaban J connectivity index is 2.30. The van der Waals surface area contributed by atoms with E-state index >= 15 is 0 Å². The molecular weight excluding hydrogens is 218 g/mol. The zero-order valence-electron chi connectivity index (χ0n) is 9.53. The van der Waals surface area contributed by atoms with Crippen LogP contribution < -0.4 is 5.32 Å². The van der Waals surface area contributed by atoms with Gasteiger partial charge < -0.3 is 5.32 Å². The first-order chi connectivity index (χ1) is 8.09. The van der Waals surface area contributed by atoms with Crippen molar-refractivity contribution >= 4 is 17.5 Å². The van der Waals surface area contributed by atoms with Crippen LogP contribution in [-0.4, -0.2) is 24.0 Å². The summed E-state index contributed by atoms with van der Waals surface area (Å²) in [6.07, 6.45) is 0.230. The summed E-state index contributed by atoms with van der Waals surface area (Å²) < 4.78 is 0. The number of benzene rings is 1. The number of hydrogen-bond acceptors (Lipinski definition) is 3. The third-order valence-corrected chi connectivity index (χ3v) is 2.82. The lowest BCUT2D eigenvalue weighted by Gasteiger charge is -2.19. The molecule has 1 N–H and O–H groups in total. The van der Waals surface area contributed by atoms with Gasteiger partial charge in [-0.3, -0.25) is 14.4 Å². The van der Waals surface area contributed by atoms with Crippen LogP contribution in [0.25, 0.3) is 0 Å². The maximum absolute atomic E-state index is 12.1. The molecule has 0 spiro atoms. The van der Waals surface area contributed by atoms with E-state index in [0.717, 1.165) is 5.56 Å². The number of nitrogens with one attached hydrogen (secondary N) is 1. The second-order valence-electron chi connectivity index (χ2n) is 4.17. The fourth-order valence-electron chi connectivity index (χ4n) is 1.93. The van der Waals surface area contributed by atoms with Crippen LogP contribution >= 0.6 is 0 Å². The number of ketones is 2. The molecule has 0 aliphatic carbocycles. The summed E-state index contributed by atoms with van der Waals surface area (Å²) in [5, 5.41) is 2.55. The largest absolute Gasteiger partial charge is 0.355 e. The van der Waals surface area contributed by atoms with Gasteiger partial charge in [-0.1, -0.05) is 23.8 Å². The number of Topliss-reactive ketones (excluding diaryl/α,β-unsaturated/α-hetero) is 2. The molecule has 1 unspecified atom stereocenters. The van der Waals surface area contributed by atoms with Crippen molar-refractivity contribution in [3.63, 3.8) is 0 Å². The monoisotopic (exact) mass is 231 g/mol. The van der Waals surface area contributed by atoms with E-state index in [1.54, 1.807) is 18.2 Å². The summed E-state index contributed by atoms with van der Waals surface area (Å²) in [6.45, 7) is 2.19. The van der Waals surface area contributed by atoms with Crippen LogP contribution in [0.4, 0.5) is 0 Å². The number of rotatable bonds is 2. The summed E-state index contributed by atoms with van der Waals surface area (Å²) in [4.78, 5) is 35.3. The van der Waals surface area contributed by atoms with Gasteiger partial charge in [0.05, 0.1) is 0 Å². The highest BCUT2D eigenvalue weighted by Crippen LogP contribution is 2.15. The predicted molar refractivity (Wildman–Crippen MR) is 61.6 cm³/mol. The first-order valence-electron chi connectivity index (χ1n) is 5.51. The van der Waals surface area contributed by atoms with Gasteiger partial charge in [0.1, 0.15) is 0 Å². The first kappa shape index (κ1) is 11.5. The van der Waals surface area contributed by atoms with Gasteiger partial charge in [-0.05, 0) is 13.0 Å². The molecule has 0 aromatic heterocycles. The van der Waals surface area contributed by atoms with E-state index in [1.165, 1.54) is 0 Å². The molecule has 0 saturated carbocycles. The van der Waals surface area contributed by atoms with Crippen molar-refractivity contribution in [2.45, 2.75) is 13.3 Å². The maximum atomic E-state index is 12.1. The van der Waals surface area contributed by atoms with Crippen molar-refractivity contribution in [3.05, 3.63) is 35.4 Å². The van der Waals surface area contributed by atoms with Gasteiger partial charge in [0.2, 0.25) is 5.91 Å². The van der Waals surface area contributed by atoms with E-state index in [9.17, 15) is 14.4 Å². The van der Waals surface area contributed by atoms with Gasteiger partial charge in [0.15, 0.2) is 17.5 Å². The Kier molecular flexibility index (Phi) is 3.04. The van der Waals surface area contributed by atoms with E-state index in [-0.39, 0.29) is 12.2 Å². The van der Waals surface area contributed by atoms with E-state index in [4.69, 9.17) is 0 Å². The molecule has 1 atom stereocenters. The van der Waals surface area contributed by atoms with Crippen LogP contribution in [-0.2, 0) is 9.59 Å². The minimum absolute atomic E-state index is 0.230. The number of carbonyl (C=O) groups excluding carboxylic acids is 3. The molecular formula is C13H13NO3. The lowest BCUT2D eigenvalue weighted by atomic mass is 9.88. The van der Waals surface area contributed by atoms with E-state index < -0.39 is 17.6 Å². The molecule has 1 heterocycles. The summed E-state index contributed by atoms with van der Waals surface area (Å²) in [5.41, 5.74) is 1.35. The average Bonchev–Trinajstić information content (AvgIpc) is 2.28. The second kappa shape index (κ2) is 4.49. The summed E-state index contributed by atoms with van der Waals surface area (Å²) >= 11 is 0. The van der Waals surface area contributed by atoms with Crippen molar-refractivity contribution in [2.75, 3.05) is 6.54 Å². The molecule has 1 saturated heterocycles. The quantitative estimate of drug-likeness (QED) is 0.607. The number of amides is 1. The van der Waals surface area contributed by atoms with Gasteiger partial charge in [0, 0.05) is 18.5 Å². The second-order valence-corrected chi connectivity index (χ2v) is 4.17. The highest BCUT2D eigenvalue weighted by atomic mass is 16.2. The summed E-state index contributed by atoms with van der Waals surface area (Å²) in [7, 11) is 0. The van der Waals surface area contributed by atoms with E-state index in [2.05, 4.69) is 5.32 Å². The standard InChI is InChI=1S/C13H13NO3/c1-8-3-2-4-9(7-8)12(16)11-10(15)5-6-14-13(11)17/h2-4,7,11H,5-6H2,1H3,(H,14,17). The molecule has 1 aliphatic rings. The highest BCUT2D eigenvalue weighted by molar-refractivity contribution is 6.24. The molecule has 2 rings (SSSR count). The highest BCUT2D eigenvalue weighted by Gasteiger charge is 2.36. The van der Waals surface area contributed by atoms with Crippen LogP contribution in [0.15, 0.2) is 24.3 Å². The maximum Gasteiger partial charge on any atom is 0.238 e. The fourth-order valence-corrected chi connectivity index (χ4v) is 1.93. The van der Waals surface area contributed by atoms with Crippen molar-refractivity contribution in [1.82, 2.24) is 5.32 Å². The predicted octanol–water partition coefficient (Wildman–Crippen LogP) is 0.883. The summed E-state index contributed by atoms with van der Waals surface area (Å²) in [6, 6.07) is 6.93. The molecule has 4 heteroatoms. The van der Waals surface area contributed by atoms with E-state index in [0.29, 0.717) is 12.1 Å². The third-order valence-electron chi connectivity index (χ3n) is 2.82. The smallest absolute Gasteiger partial charge is 0.238 e. The lowest BCUT2D eigenvalue weighted by molar-refractivity contribution is -0.134. The molecule has 0 radical (unpaired) electrons. The Bertz CT molecular complexity index is 477. The Morgan fingerprint density at radius 2 is 2.12 bits per heavy atom. The molecule has 17 heavy (non-hydrogen) atoms. The molecule has 0 bridgehead atoms. The minimum atomic E-state index is -1.16. The number of hydrogen-bond donors (Lipinski definition) is 1.